The number of benzene rings is 1. The van der Waals surface area contributed by atoms with Crippen LogP contribution in [0.25, 0.3) is 10.9 Å². The first-order valence-corrected chi connectivity index (χ1v) is 7.11. The second-order valence-electron chi connectivity index (χ2n) is 5.05. The molecule has 0 N–H and O–H groups in total. The van der Waals surface area contributed by atoms with E-state index >= 15 is 0 Å². The summed E-state index contributed by atoms with van der Waals surface area (Å²) in [6, 6.07) is 3.25. The van der Waals surface area contributed by atoms with E-state index in [9.17, 15) is 10.1 Å². The maximum absolute atomic E-state index is 11.4. The molecule has 1 heterocycles. The van der Waals surface area contributed by atoms with Crippen molar-refractivity contribution in [2.24, 2.45) is 5.92 Å². The van der Waals surface area contributed by atoms with Crippen molar-refractivity contribution in [3.05, 3.63) is 38.0 Å². The molecule has 0 spiro atoms. The van der Waals surface area contributed by atoms with Crippen molar-refractivity contribution in [1.82, 2.24) is 4.98 Å². The number of rotatable bonds is 4. The number of pyridine rings is 1. The topological polar surface area (TPSA) is 65.3 Å². The molecule has 0 atom stereocenters. The van der Waals surface area contributed by atoms with E-state index in [2.05, 4.69) is 4.98 Å². The molecule has 0 aliphatic heterocycles. The van der Waals surface area contributed by atoms with Crippen LogP contribution in [0.5, 0.6) is 5.75 Å². The summed E-state index contributed by atoms with van der Waals surface area (Å²) in [5.41, 5.74) is 0.573. The first kappa shape index (κ1) is 15.8. The molecule has 0 unspecified atom stereocenters. The van der Waals surface area contributed by atoms with Crippen molar-refractivity contribution in [2.45, 2.75) is 20.3 Å². The molecule has 0 saturated carbocycles. The lowest BCUT2D eigenvalue weighted by Gasteiger charge is -2.12. The minimum atomic E-state index is -0.507. The summed E-state index contributed by atoms with van der Waals surface area (Å²) in [7, 11) is 1.47. The van der Waals surface area contributed by atoms with Gasteiger partial charge in [-0.1, -0.05) is 37.0 Å². The summed E-state index contributed by atoms with van der Waals surface area (Å²) in [4.78, 5) is 15.2. The summed E-state index contributed by atoms with van der Waals surface area (Å²) in [5, 5.41) is 12.1. The number of fused-ring (bicyclic) bond motifs is 1. The quantitative estimate of drug-likeness (QED) is 0.604. The fraction of sp³-hybridized carbons (Fsp3) is 0.357. The van der Waals surface area contributed by atoms with Crippen LogP contribution in [0, 0.1) is 16.0 Å². The lowest BCUT2D eigenvalue weighted by Crippen LogP contribution is -2.05. The highest BCUT2D eigenvalue weighted by atomic mass is 35.5. The number of nitrogens with zero attached hydrogens (tertiary/aromatic N) is 2. The standard InChI is InChI=1S/C14H14Cl2N2O3/c1-7(2)6-9-14(18(19)20)12(16)11-10(21-3)5-4-8(15)13(11)17-9/h4-5,7H,6H2,1-3H3. The Morgan fingerprint density at radius 3 is 2.57 bits per heavy atom. The molecule has 0 radical (unpaired) electrons. The summed E-state index contributed by atoms with van der Waals surface area (Å²) in [6.45, 7) is 3.91. The molecule has 0 amide bonds. The predicted molar refractivity (Wildman–Crippen MR) is 83.5 cm³/mol. The predicted octanol–water partition coefficient (Wildman–Crippen LogP) is 4.66. The molecule has 0 aliphatic carbocycles. The zero-order valence-corrected chi connectivity index (χ0v) is 13.3. The second kappa shape index (κ2) is 6.03. The Kier molecular flexibility index (Phi) is 4.54. The van der Waals surface area contributed by atoms with Crippen molar-refractivity contribution in [1.29, 1.82) is 0 Å². The first-order chi connectivity index (χ1) is 9.86. The van der Waals surface area contributed by atoms with Crippen LogP contribution in [0.1, 0.15) is 19.5 Å². The highest BCUT2D eigenvalue weighted by Gasteiger charge is 2.26. The van der Waals surface area contributed by atoms with Gasteiger partial charge in [0.25, 0.3) is 0 Å². The number of hydrogen-bond acceptors (Lipinski definition) is 4. The van der Waals surface area contributed by atoms with Crippen LogP contribution < -0.4 is 4.74 Å². The Hall–Kier alpha value is -1.59. The number of hydrogen-bond donors (Lipinski definition) is 0. The van der Waals surface area contributed by atoms with E-state index < -0.39 is 4.92 Å². The van der Waals surface area contributed by atoms with Gasteiger partial charge in [0, 0.05) is 0 Å². The van der Waals surface area contributed by atoms with E-state index in [1.54, 1.807) is 12.1 Å². The molecular weight excluding hydrogens is 315 g/mol. The normalized spacial score (nSPS) is 11.1. The van der Waals surface area contributed by atoms with Gasteiger partial charge >= 0.3 is 5.69 Å². The van der Waals surface area contributed by atoms with Gasteiger partial charge in [-0.3, -0.25) is 10.1 Å². The first-order valence-electron chi connectivity index (χ1n) is 6.35. The SMILES string of the molecule is COc1ccc(Cl)c2nc(CC(C)C)c([N+](=O)[O-])c(Cl)c12. The second-order valence-corrected chi connectivity index (χ2v) is 5.83. The average Bonchev–Trinajstić information content (AvgIpc) is 2.39. The molecule has 0 aliphatic rings. The summed E-state index contributed by atoms with van der Waals surface area (Å²) in [6.07, 6.45) is 0.444. The van der Waals surface area contributed by atoms with Crippen LogP contribution in [0.2, 0.25) is 10.0 Å². The van der Waals surface area contributed by atoms with Crippen molar-refractivity contribution in [3.8, 4) is 5.75 Å². The van der Waals surface area contributed by atoms with Gasteiger partial charge in [0.15, 0.2) is 0 Å². The van der Waals surface area contributed by atoms with E-state index in [4.69, 9.17) is 27.9 Å². The number of ether oxygens (including phenoxy) is 1. The van der Waals surface area contributed by atoms with Gasteiger partial charge in [-0.15, -0.1) is 0 Å². The molecule has 2 aromatic rings. The maximum atomic E-state index is 11.4. The molecule has 0 fully saturated rings. The molecule has 2 rings (SSSR count). The van der Waals surface area contributed by atoms with Gasteiger partial charge in [0.2, 0.25) is 0 Å². The zero-order valence-electron chi connectivity index (χ0n) is 11.8. The molecule has 7 heteroatoms. The highest BCUT2D eigenvalue weighted by molar-refractivity contribution is 6.41. The summed E-state index contributed by atoms with van der Waals surface area (Å²) in [5.74, 6) is 0.611. The Bertz CT molecular complexity index is 717. The van der Waals surface area contributed by atoms with Gasteiger partial charge < -0.3 is 4.74 Å². The minimum Gasteiger partial charge on any atom is -0.496 e. The average molecular weight is 329 g/mol. The monoisotopic (exact) mass is 328 g/mol. The number of halogens is 2. The highest BCUT2D eigenvalue weighted by Crippen LogP contribution is 2.41. The number of methoxy groups -OCH3 is 1. The Labute approximate surface area is 132 Å². The minimum absolute atomic E-state index is 0.0139. The molecule has 21 heavy (non-hydrogen) atoms. The third-order valence-corrected chi connectivity index (χ3v) is 3.72. The molecule has 5 nitrogen and oxygen atoms in total. The fourth-order valence-electron chi connectivity index (χ4n) is 2.19. The van der Waals surface area contributed by atoms with Crippen molar-refractivity contribution in [2.75, 3.05) is 7.11 Å². The van der Waals surface area contributed by atoms with Crippen LogP contribution >= 0.6 is 23.2 Å². The van der Waals surface area contributed by atoms with E-state index in [1.165, 1.54) is 7.11 Å². The van der Waals surface area contributed by atoms with Gasteiger partial charge in [-0.2, -0.15) is 0 Å². The van der Waals surface area contributed by atoms with Gasteiger partial charge in [0.1, 0.15) is 16.5 Å². The molecule has 112 valence electrons. The van der Waals surface area contributed by atoms with Gasteiger partial charge in [-0.25, -0.2) is 4.98 Å². The molecular formula is C14H14Cl2N2O3. The fourth-order valence-corrected chi connectivity index (χ4v) is 2.75. The third-order valence-electron chi connectivity index (χ3n) is 3.04. The van der Waals surface area contributed by atoms with E-state index in [1.807, 2.05) is 13.8 Å². The Balaban J connectivity index is 2.90. The third kappa shape index (κ3) is 2.89. The molecule has 0 saturated heterocycles. The lowest BCUT2D eigenvalue weighted by molar-refractivity contribution is -0.385. The van der Waals surface area contributed by atoms with E-state index in [-0.39, 0.29) is 16.6 Å². The van der Waals surface area contributed by atoms with E-state index in [0.29, 0.717) is 33.8 Å². The van der Waals surface area contributed by atoms with Crippen molar-refractivity contribution < 1.29 is 9.66 Å². The summed E-state index contributed by atoms with van der Waals surface area (Å²) < 4.78 is 5.21. The van der Waals surface area contributed by atoms with Crippen molar-refractivity contribution in [3.63, 3.8) is 0 Å². The van der Waals surface area contributed by atoms with Crippen LogP contribution in [-0.2, 0) is 6.42 Å². The molecule has 1 aromatic heterocycles. The number of aromatic nitrogens is 1. The Morgan fingerprint density at radius 2 is 2.05 bits per heavy atom. The van der Waals surface area contributed by atoms with Crippen molar-refractivity contribution >= 4 is 39.8 Å². The largest absolute Gasteiger partial charge is 0.496 e. The maximum Gasteiger partial charge on any atom is 0.309 e. The van der Waals surface area contributed by atoms with Crippen LogP contribution in [-0.4, -0.2) is 17.0 Å². The zero-order chi connectivity index (χ0) is 15.7. The summed E-state index contributed by atoms with van der Waals surface area (Å²) >= 11 is 12.4. The Morgan fingerprint density at radius 1 is 1.38 bits per heavy atom. The van der Waals surface area contributed by atoms with E-state index in [0.717, 1.165) is 0 Å². The van der Waals surface area contributed by atoms with Gasteiger partial charge in [-0.05, 0) is 24.5 Å². The van der Waals surface area contributed by atoms with Gasteiger partial charge in [0.05, 0.1) is 28.0 Å². The van der Waals surface area contributed by atoms with Crippen LogP contribution in [0.3, 0.4) is 0 Å². The van der Waals surface area contributed by atoms with Crippen LogP contribution in [0.4, 0.5) is 5.69 Å². The smallest absolute Gasteiger partial charge is 0.309 e. The van der Waals surface area contributed by atoms with Crippen LogP contribution in [0.15, 0.2) is 12.1 Å². The number of nitro groups is 1. The molecule has 1 aromatic carbocycles. The molecule has 0 bridgehead atoms. The lowest BCUT2D eigenvalue weighted by atomic mass is 10.0.